The van der Waals surface area contributed by atoms with Crippen LogP contribution in [0.5, 0.6) is 5.88 Å². The Morgan fingerprint density at radius 3 is 2.93 bits per heavy atom. The molecule has 0 spiro atoms. The molecule has 1 aromatic heterocycles. The standard InChI is InChI=1S/C10H15N3O2/c1-14-9-8(12-4-5-13-9)10(11)3-2-6-15-7-10/h4-5H,2-3,6-7,11H2,1H3. The van der Waals surface area contributed by atoms with Crippen molar-refractivity contribution in [3.8, 4) is 5.88 Å². The second kappa shape index (κ2) is 4.12. The minimum absolute atomic E-state index is 0.474. The molecule has 1 saturated heterocycles. The summed E-state index contributed by atoms with van der Waals surface area (Å²) in [5.41, 5.74) is 6.38. The molecule has 1 aromatic rings. The van der Waals surface area contributed by atoms with Gasteiger partial charge in [-0.15, -0.1) is 0 Å². The van der Waals surface area contributed by atoms with E-state index >= 15 is 0 Å². The van der Waals surface area contributed by atoms with Gasteiger partial charge in [0.05, 0.1) is 19.3 Å². The van der Waals surface area contributed by atoms with E-state index < -0.39 is 5.54 Å². The highest BCUT2D eigenvalue weighted by Crippen LogP contribution is 2.30. The highest BCUT2D eigenvalue weighted by molar-refractivity contribution is 5.26. The van der Waals surface area contributed by atoms with E-state index in [4.69, 9.17) is 15.2 Å². The normalized spacial score (nSPS) is 26.3. The third kappa shape index (κ3) is 1.93. The lowest BCUT2D eigenvalue weighted by atomic mass is 9.90. The SMILES string of the molecule is COc1nccnc1C1(N)CCCOC1. The van der Waals surface area contributed by atoms with E-state index in [0.717, 1.165) is 19.4 Å². The molecule has 0 aromatic carbocycles. The maximum absolute atomic E-state index is 6.25. The first-order chi connectivity index (χ1) is 7.26. The molecule has 0 aliphatic carbocycles. The van der Waals surface area contributed by atoms with Crippen LogP contribution in [0.3, 0.4) is 0 Å². The molecule has 1 aliphatic rings. The van der Waals surface area contributed by atoms with Crippen molar-refractivity contribution in [1.29, 1.82) is 0 Å². The zero-order chi connectivity index (χ0) is 10.7. The highest BCUT2D eigenvalue weighted by Gasteiger charge is 2.35. The van der Waals surface area contributed by atoms with Gasteiger partial charge in [0.25, 0.3) is 0 Å². The Morgan fingerprint density at radius 1 is 1.47 bits per heavy atom. The number of nitrogens with zero attached hydrogens (tertiary/aromatic N) is 2. The minimum Gasteiger partial charge on any atom is -0.480 e. The molecule has 1 atom stereocenters. The minimum atomic E-state index is -0.558. The molecule has 2 rings (SSSR count). The van der Waals surface area contributed by atoms with Gasteiger partial charge in [0.1, 0.15) is 5.69 Å². The molecule has 82 valence electrons. The summed E-state index contributed by atoms with van der Waals surface area (Å²) in [7, 11) is 1.57. The van der Waals surface area contributed by atoms with Gasteiger partial charge in [-0.05, 0) is 12.8 Å². The summed E-state index contributed by atoms with van der Waals surface area (Å²) >= 11 is 0. The van der Waals surface area contributed by atoms with Gasteiger partial charge in [-0.3, -0.25) is 4.98 Å². The Hall–Kier alpha value is -1.20. The van der Waals surface area contributed by atoms with Gasteiger partial charge < -0.3 is 15.2 Å². The van der Waals surface area contributed by atoms with Crippen LogP contribution in [-0.2, 0) is 10.3 Å². The van der Waals surface area contributed by atoms with Crippen molar-refractivity contribution in [3.05, 3.63) is 18.1 Å². The molecule has 0 bridgehead atoms. The molecular weight excluding hydrogens is 194 g/mol. The average Bonchev–Trinajstić information content (AvgIpc) is 2.30. The Kier molecular flexibility index (Phi) is 2.83. The largest absolute Gasteiger partial charge is 0.480 e. The fourth-order valence-corrected chi connectivity index (χ4v) is 1.82. The lowest BCUT2D eigenvalue weighted by molar-refractivity contribution is 0.0335. The number of methoxy groups -OCH3 is 1. The van der Waals surface area contributed by atoms with Gasteiger partial charge in [-0.25, -0.2) is 4.98 Å². The Labute approximate surface area is 88.6 Å². The molecule has 2 heterocycles. The van der Waals surface area contributed by atoms with E-state index in [1.165, 1.54) is 0 Å². The van der Waals surface area contributed by atoms with Gasteiger partial charge in [0.2, 0.25) is 5.88 Å². The first-order valence-corrected chi connectivity index (χ1v) is 4.98. The maximum Gasteiger partial charge on any atom is 0.237 e. The van der Waals surface area contributed by atoms with Gasteiger partial charge in [-0.2, -0.15) is 0 Å². The number of nitrogens with two attached hydrogens (primary N) is 1. The highest BCUT2D eigenvalue weighted by atomic mass is 16.5. The van der Waals surface area contributed by atoms with Crippen LogP contribution in [0.15, 0.2) is 12.4 Å². The van der Waals surface area contributed by atoms with Crippen LogP contribution >= 0.6 is 0 Å². The molecule has 5 nitrogen and oxygen atoms in total. The number of hydrogen-bond donors (Lipinski definition) is 1. The molecular formula is C10H15N3O2. The topological polar surface area (TPSA) is 70.3 Å². The maximum atomic E-state index is 6.25. The number of hydrogen-bond acceptors (Lipinski definition) is 5. The van der Waals surface area contributed by atoms with Crippen LogP contribution in [0, 0.1) is 0 Å². The van der Waals surface area contributed by atoms with Crippen LogP contribution in [0.1, 0.15) is 18.5 Å². The van der Waals surface area contributed by atoms with Gasteiger partial charge >= 0.3 is 0 Å². The van der Waals surface area contributed by atoms with Crippen LogP contribution in [-0.4, -0.2) is 30.3 Å². The summed E-state index contributed by atoms with van der Waals surface area (Å²) in [5, 5.41) is 0. The van der Waals surface area contributed by atoms with Crippen LogP contribution < -0.4 is 10.5 Å². The lowest BCUT2D eigenvalue weighted by Gasteiger charge is -2.32. The summed E-state index contributed by atoms with van der Waals surface area (Å²) in [5.74, 6) is 0.491. The number of aromatic nitrogens is 2. The summed E-state index contributed by atoms with van der Waals surface area (Å²) < 4.78 is 10.5. The van der Waals surface area contributed by atoms with Crippen molar-refractivity contribution >= 4 is 0 Å². The lowest BCUT2D eigenvalue weighted by Crippen LogP contribution is -2.45. The van der Waals surface area contributed by atoms with E-state index in [9.17, 15) is 0 Å². The van der Waals surface area contributed by atoms with Crippen LogP contribution in [0.2, 0.25) is 0 Å². The van der Waals surface area contributed by atoms with Gasteiger partial charge in [0.15, 0.2) is 0 Å². The van der Waals surface area contributed by atoms with E-state index in [-0.39, 0.29) is 0 Å². The van der Waals surface area contributed by atoms with Gasteiger partial charge in [-0.1, -0.05) is 0 Å². The molecule has 0 amide bonds. The van der Waals surface area contributed by atoms with E-state index in [1.807, 2.05) is 0 Å². The first-order valence-electron chi connectivity index (χ1n) is 4.98. The molecule has 1 fully saturated rings. The molecule has 1 aliphatic heterocycles. The number of rotatable bonds is 2. The van der Waals surface area contributed by atoms with Crippen molar-refractivity contribution in [2.75, 3.05) is 20.3 Å². The van der Waals surface area contributed by atoms with E-state index in [2.05, 4.69) is 9.97 Å². The fraction of sp³-hybridized carbons (Fsp3) is 0.600. The fourth-order valence-electron chi connectivity index (χ4n) is 1.82. The van der Waals surface area contributed by atoms with Crippen molar-refractivity contribution < 1.29 is 9.47 Å². The van der Waals surface area contributed by atoms with E-state index in [0.29, 0.717) is 18.2 Å². The monoisotopic (exact) mass is 209 g/mol. The van der Waals surface area contributed by atoms with Crippen molar-refractivity contribution in [3.63, 3.8) is 0 Å². The van der Waals surface area contributed by atoms with Crippen molar-refractivity contribution in [1.82, 2.24) is 9.97 Å². The molecule has 15 heavy (non-hydrogen) atoms. The smallest absolute Gasteiger partial charge is 0.237 e. The Bertz CT molecular complexity index is 337. The quantitative estimate of drug-likeness (QED) is 0.765. The van der Waals surface area contributed by atoms with E-state index in [1.54, 1.807) is 19.5 Å². The molecule has 5 heteroatoms. The third-order valence-electron chi connectivity index (χ3n) is 2.60. The first kappa shape index (κ1) is 10.3. The Morgan fingerprint density at radius 2 is 2.27 bits per heavy atom. The molecule has 2 N–H and O–H groups in total. The summed E-state index contributed by atoms with van der Waals surface area (Å²) in [6, 6.07) is 0. The summed E-state index contributed by atoms with van der Waals surface area (Å²) in [4.78, 5) is 8.35. The third-order valence-corrected chi connectivity index (χ3v) is 2.60. The predicted molar refractivity (Wildman–Crippen MR) is 54.5 cm³/mol. The molecule has 0 radical (unpaired) electrons. The van der Waals surface area contributed by atoms with Crippen molar-refractivity contribution in [2.24, 2.45) is 5.73 Å². The molecule has 1 unspecified atom stereocenters. The predicted octanol–water partition coefficient (Wildman–Crippen LogP) is 0.450. The van der Waals surface area contributed by atoms with Crippen molar-refractivity contribution in [2.45, 2.75) is 18.4 Å². The summed E-state index contributed by atoms with van der Waals surface area (Å²) in [6.07, 6.45) is 5.01. The average molecular weight is 209 g/mol. The summed E-state index contributed by atoms with van der Waals surface area (Å²) in [6.45, 7) is 1.24. The number of ether oxygens (including phenoxy) is 2. The Balaban J connectivity index is 2.34. The zero-order valence-corrected chi connectivity index (χ0v) is 8.77. The van der Waals surface area contributed by atoms with Crippen LogP contribution in [0.4, 0.5) is 0 Å². The van der Waals surface area contributed by atoms with Gasteiger partial charge in [0, 0.05) is 19.0 Å². The second-order valence-corrected chi connectivity index (χ2v) is 3.73. The second-order valence-electron chi connectivity index (χ2n) is 3.73. The zero-order valence-electron chi connectivity index (χ0n) is 8.77. The van der Waals surface area contributed by atoms with Crippen LogP contribution in [0.25, 0.3) is 0 Å². The molecule has 0 saturated carbocycles.